The second-order valence-corrected chi connectivity index (χ2v) is 4.60. The minimum Gasteiger partial charge on any atom is -0.282 e. The largest absolute Gasteiger partial charge is 0.301 e. The number of nitro groups is 1. The molecule has 0 aliphatic carbocycles. The van der Waals surface area contributed by atoms with Crippen LogP contribution in [0.25, 0.3) is 0 Å². The number of nitro benzene ring substituents is 1. The van der Waals surface area contributed by atoms with Crippen LogP contribution in [0.3, 0.4) is 0 Å². The van der Waals surface area contributed by atoms with E-state index < -0.39 is 25.6 Å². The summed E-state index contributed by atoms with van der Waals surface area (Å²) in [5, 5.41) is 10.6. The first kappa shape index (κ1) is 11.9. The van der Waals surface area contributed by atoms with Gasteiger partial charge >= 0.3 is 10.1 Å². The Kier molecular flexibility index (Phi) is 2.98. The lowest BCUT2D eigenvalue weighted by molar-refractivity contribution is -0.387. The van der Waals surface area contributed by atoms with Gasteiger partial charge in [-0.3, -0.25) is 14.7 Å². The molecular formula is C7H6ClNO5S. The number of benzene rings is 1. The molecule has 0 saturated heterocycles. The number of halogens is 1. The summed E-state index contributed by atoms with van der Waals surface area (Å²) in [4.78, 5) is 8.83. The molecular weight excluding hydrogens is 246 g/mol. The molecule has 0 aliphatic rings. The summed E-state index contributed by atoms with van der Waals surface area (Å²) in [6.07, 6.45) is 0. The van der Waals surface area contributed by atoms with Gasteiger partial charge in [0.25, 0.3) is 5.69 Å². The van der Waals surface area contributed by atoms with Crippen molar-refractivity contribution in [1.82, 2.24) is 0 Å². The SMILES string of the molecule is Cc1cc(S(=O)(=O)O)c([N+](=O)[O-])cc1Cl. The van der Waals surface area contributed by atoms with Crippen LogP contribution in [0, 0.1) is 17.0 Å². The van der Waals surface area contributed by atoms with Crippen LogP contribution >= 0.6 is 11.6 Å². The van der Waals surface area contributed by atoms with Crippen LogP contribution in [0.15, 0.2) is 17.0 Å². The lowest BCUT2D eigenvalue weighted by atomic mass is 10.2. The van der Waals surface area contributed by atoms with Crippen molar-refractivity contribution in [3.63, 3.8) is 0 Å². The molecule has 1 N–H and O–H groups in total. The van der Waals surface area contributed by atoms with Gasteiger partial charge in [0.05, 0.1) is 9.95 Å². The molecule has 0 unspecified atom stereocenters. The topological polar surface area (TPSA) is 97.5 Å². The fourth-order valence-corrected chi connectivity index (χ4v) is 1.88. The maximum atomic E-state index is 10.8. The van der Waals surface area contributed by atoms with E-state index >= 15 is 0 Å². The smallest absolute Gasteiger partial charge is 0.282 e. The number of hydrogen-bond donors (Lipinski definition) is 1. The molecule has 0 atom stereocenters. The summed E-state index contributed by atoms with van der Waals surface area (Å²) < 4.78 is 30.4. The molecule has 8 heteroatoms. The molecule has 0 fully saturated rings. The second-order valence-electron chi connectivity index (χ2n) is 2.80. The average Bonchev–Trinajstić information content (AvgIpc) is 2.06. The van der Waals surface area contributed by atoms with Gasteiger partial charge in [0.1, 0.15) is 0 Å². The Balaban J connectivity index is 3.64. The standard InChI is InChI=1S/C7H6ClNO5S/c1-4-2-7(15(12,13)14)6(9(10)11)3-5(4)8/h2-3H,1H3,(H,12,13,14). The normalized spacial score (nSPS) is 11.4. The van der Waals surface area contributed by atoms with Crippen molar-refractivity contribution < 1.29 is 17.9 Å². The van der Waals surface area contributed by atoms with Crippen molar-refractivity contribution >= 4 is 27.4 Å². The Morgan fingerprint density at radius 2 is 2.00 bits per heavy atom. The molecule has 82 valence electrons. The Morgan fingerprint density at radius 3 is 2.40 bits per heavy atom. The van der Waals surface area contributed by atoms with Crippen molar-refractivity contribution in [2.24, 2.45) is 0 Å². The molecule has 6 nitrogen and oxygen atoms in total. The molecule has 0 radical (unpaired) electrons. The summed E-state index contributed by atoms with van der Waals surface area (Å²) in [7, 11) is -4.62. The first-order valence-corrected chi connectivity index (χ1v) is 5.47. The van der Waals surface area contributed by atoms with E-state index in [2.05, 4.69) is 0 Å². The third kappa shape index (κ3) is 2.44. The number of rotatable bonds is 2. The first-order chi connectivity index (χ1) is 6.73. The van der Waals surface area contributed by atoms with Crippen LogP contribution in [-0.2, 0) is 10.1 Å². The molecule has 0 amide bonds. The van der Waals surface area contributed by atoms with Gasteiger partial charge in [-0.15, -0.1) is 0 Å². The van der Waals surface area contributed by atoms with Gasteiger partial charge in [-0.2, -0.15) is 8.42 Å². The third-order valence-corrected chi connectivity index (χ3v) is 3.00. The van der Waals surface area contributed by atoms with E-state index in [0.29, 0.717) is 5.56 Å². The molecule has 0 bridgehead atoms. The van der Waals surface area contributed by atoms with E-state index in [1.165, 1.54) is 6.92 Å². The molecule has 0 spiro atoms. The first-order valence-electron chi connectivity index (χ1n) is 3.65. The van der Waals surface area contributed by atoms with E-state index in [-0.39, 0.29) is 5.02 Å². The highest BCUT2D eigenvalue weighted by atomic mass is 35.5. The van der Waals surface area contributed by atoms with E-state index in [0.717, 1.165) is 12.1 Å². The average molecular weight is 252 g/mol. The lowest BCUT2D eigenvalue weighted by Crippen LogP contribution is -2.04. The monoisotopic (exact) mass is 251 g/mol. The van der Waals surface area contributed by atoms with Crippen LogP contribution < -0.4 is 0 Å². The molecule has 0 aromatic heterocycles. The summed E-state index contributed by atoms with van der Waals surface area (Å²) in [6.45, 7) is 1.47. The van der Waals surface area contributed by atoms with Crippen LogP contribution in [0.4, 0.5) is 5.69 Å². The van der Waals surface area contributed by atoms with Crippen molar-refractivity contribution in [3.8, 4) is 0 Å². The highest BCUT2D eigenvalue weighted by Crippen LogP contribution is 2.29. The summed E-state index contributed by atoms with van der Waals surface area (Å²) in [6, 6.07) is 1.84. The highest BCUT2D eigenvalue weighted by molar-refractivity contribution is 7.86. The Hall–Kier alpha value is -1.18. The number of hydrogen-bond acceptors (Lipinski definition) is 4. The molecule has 1 aromatic rings. The quantitative estimate of drug-likeness (QED) is 0.491. The van der Waals surface area contributed by atoms with Gasteiger partial charge in [-0.05, 0) is 18.6 Å². The third-order valence-electron chi connectivity index (χ3n) is 1.71. The Labute approximate surface area is 90.4 Å². The fourth-order valence-electron chi connectivity index (χ4n) is 0.994. The Morgan fingerprint density at radius 1 is 1.47 bits per heavy atom. The predicted octanol–water partition coefficient (Wildman–Crippen LogP) is 1.80. The summed E-state index contributed by atoms with van der Waals surface area (Å²) in [5.74, 6) is 0. The van der Waals surface area contributed by atoms with Gasteiger partial charge in [0, 0.05) is 6.07 Å². The minimum atomic E-state index is -4.62. The van der Waals surface area contributed by atoms with E-state index in [9.17, 15) is 18.5 Å². The predicted molar refractivity (Wildman–Crippen MR) is 52.7 cm³/mol. The maximum absolute atomic E-state index is 10.8. The van der Waals surface area contributed by atoms with Gasteiger partial charge < -0.3 is 0 Å². The number of aryl methyl sites for hydroxylation is 1. The van der Waals surface area contributed by atoms with E-state index in [1.54, 1.807) is 0 Å². The maximum Gasteiger partial charge on any atom is 0.301 e. The van der Waals surface area contributed by atoms with Crippen LogP contribution in [-0.4, -0.2) is 17.9 Å². The molecule has 1 rings (SSSR count). The van der Waals surface area contributed by atoms with E-state index in [1.807, 2.05) is 0 Å². The second kappa shape index (κ2) is 3.76. The van der Waals surface area contributed by atoms with Gasteiger partial charge in [-0.25, -0.2) is 0 Å². The van der Waals surface area contributed by atoms with E-state index in [4.69, 9.17) is 16.2 Å². The Bertz CT molecular complexity index is 524. The lowest BCUT2D eigenvalue weighted by Gasteiger charge is -2.02. The molecule has 0 heterocycles. The van der Waals surface area contributed by atoms with Crippen molar-refractivity contribution in [2.45, 2.75) is 11.8 Å². The number of nitrogens with zero attached hydrogens (tertiary/aromatic N) is 1. The van der Waals surface area contributed by atoms with Gasteiger partial charge in [0.15, 0.2) is 4.90 Å². The molecule has 15 heavy (non-hydrogen) atoms. The fraction of sp³-hybridized carbons (Fsp3) is 0.143. The van der Waals surface area contributed by atoms with Crippen LogP contribution in [0.2, 0.25) is 5.02 Å². The molecule has 1 aromatic carbocycles. The van der Waals surface area contributed by atoms with Crippen LogP contribution in [0.1, 0.15) is 5.56 Å². The zero-order valence-corrected chi connectivity index (χ0v) is 9.04. The van der Waals surface area contributed by atoms with Crippen molar-refractivity contribution in [2.75, 3.05) is 0 Å². The van der Waals surface area contributed by atoms with Crippen molar-refractivity contribution in [1.29, 1.82) is 0 Å². The zero-order chi connectivity index (χ0) is 11.8. The molecule has 0 aliphatic heterocycles. The molecule has 0 saturated carbocycles. The van der Waals surface area contributed by atoms with Gasteiger partial charge in [0.2, 0.25) is 0 Å². The van der Waals surface area contributed by atoms with Gasteiger partial charge in [-0.1, -0.05) is 11.6 Å². The highest BCUT2D eigenvalue weighted by Gasteiger charge is 2.25. The summed E-state index contributed by atoms with van der Waals surface area (Å²) >= 11 is 5.60. The zero-order valence-electron chi connectivity index (χ0n) is 7.47. The van der Waals surface area contributed by atoms with Crippen molar-refractivity contribution in [3.05, 3.63) is 32.8 Å². The minimum absolute atomic E-state index is 0.0640. The van der Waals surface area contributed by atoms with Crippen LogP contribution in [0.5, 0.6) is 0 Å². The summed E-state index contributed by atoms with van der Waals surface area (Å²) in [5.41, 5.74) is -0.414.